The van der Waals surface area contributed by atoms with E-state index in [0.29, 0.717) is 7.94 Å². The number of H-pyrrole nitrogens is 1. The maximum absolute atomic E-state index is 3.92. The monoisotopic (exact) mass is 467 g/mol. The standard InChI is InChI=1S/C9H7.C8H6N.C4H9.C2H7Si.2ClH.Ti/c1-2-5-9-7-3-6-8(9)4-1;1-2-4-8-7(3-1)5-6-9-8;1-4(2)3;1-3-2;;;/h1-7H;1-5,9H;1-3H3;3H,1-2H3;2*1H;. The van der Waals surface area contributed by atoms with Crippen molar-refractivity contribution in [1.29, 1.82) is 0 Å². The van der Waals surface area contributed by atoms with Gasteiger partial charge in [0.05, 0.1) is 0 Å². The predicted molar refractivity (Wildman–Crippen MR) is 129 cm³/mol. The van der Waals surface area contributed by atoms with Crippen LogP contribution in [0.5, 0.6) is 0 Å². The minimum Gasteiger partial charge on any atom is -0.147 e. The van der Waals surface area contributed by atoms with E-state index in [0.717, 1.165) is 0 Å². The largest absolute Gasteiger partial charge is 0.147 e. The van der Waals surface area contributed by atoms with Crippen molar-refractivity contribution in [2.24, 2.45) is 0 Å². The smallest absolute Gasteiger partial charge is 0.147 e. The molecule has 0 saturated carbocycles. The van der Waals surface area contributed by atoms with E-state index in [1.807, 2.05) is 0 Å². The molecular weight excluding hydrogens is 437 g/mol. The van der Waals surface area contributed by atoms with Crippen LogP contribution in [0, 0.1) is 0 Å². The average molecular weight is 468 g/mol. The van der Waals surface area contributed by atoms with Crippen molar-refractivity contribution in [3.63, 3.8) is 0 Å². The predicted octanol–water partition coefficient (Wildman–Crippen LogP) is 6.76. The first-order valence-corrected chi connectivity index (χ1v) is 17.8. The van der Waals surface area contributed by atoms with Gasteiger partial charge in [0.15, 0.2) is 0 Å². The maximum atomic E-state index is 3.92. The van der Waals surface area contributed by atoms with Crippen LogP contribution in [-0.2, 0) is 15.8 Å². The Labute approximate surface area is 186 Å². The Morgan fingerprint density at radius 2 is 1.57 bits per heavy atom. The molecule has 2 aromatic carbocycles. The summed E-state index contributed by atoms with van der Waals surface area (Å²) < 4.78 is 2.56. The summed E-state index contributed by atoms with van der Waals surface area (Å²) in [5.74, 6) is 0. The molecule has 0 radical (unpaired) electrons. The summed E-state index contributed by atoms with van der Waals surface area (Å²) in [6, 6.07) is 20.4. The Morgan fingerprint density at radius 3 is 2.21 bits per heavy atom. The number of rotatable bonds is 3. The molecule has 1 N–H and O–H groups in total. The van der Waals surface area contributed by atoms with Crippen molar-refractivity contribution in [2.45, 2.75) is 41.8 Å². The van der Waals surface area contributed by atoms with Gasteiger partial charge in [-0.25, -0.2) is 0 Å². The number of halogens is 2. The average Bonchev–Trinajstić information content (AvgIpc) is 3.19. The second kappa shape index (κ2) is 8.54. The van der Waals surface area contributed by atoms with Gasteiger partial charge >= 0.3 is 162 Å². The first-order chi connectivity index (χ1) is 12.4. The van der Waals surface area contributed by atoms with Crippen molar-refractivity contribution >= 4 is 52.5 Å². The fourth-order valence-electron chi connectivity index (χ4n) is 5.52. The molecule has 2 atom stereocenters. The molecule has 0 aliphatic heterocycles. The normalized spacial score (nSPS) is 17.7. The van der Waals surface area contributed by atoms with Gasteiger partial charge in [-0.1, -0.05) is 0 Å². The molecule has 1 aliphatic carbocycles. The number of para-hydroxylation sites is 1. The van der Waals surface area contributed by atoms with Gasteiger partial charge in [0.1, 0.15) is 0 Å². The second-order valence-electron chi connectivity index (χ2n) is 9.01. The zero-order valence-corrected chi connectivity index (χ0v) is 21.7. The molecule has 4 rings (SSSR count). The summed E-state index contributed by atoms with van der Waals surface area (Å²) in [5.41, 5.74) is 4.30. The Balaban J connectivity index is 0.00000140. The minimum absolute atomic E-state index is 0. The van der Waals surface area contributed by atoms with Crippen LogP contribution >= 0.6 is 24.8 Å². The summed E-state index contributed by atoms with van der Waals surface area (Å²) >= 11 is -2.55. The molecule has 0 spiro atoms. The Morgan fingerprint density at radius 1 is 0.929 bits per heavy atom. The van der Waals surface area contributed by atoms with Crippen molar-refractivity contribution in [3.05, 3.63) is 71.8 Å². The first kappa shape index (κ1) is 23.5. The second-order valence-corrected chi connectivity index (χ2v) is 27.4. The van der Waals surface area contributed by atoms with Gasteiger partial charge in [-0.05, 0) is 0 Å². The number of aromatic nitrogens is 1. The fourth-order valence-corrected chi connectivity index (χ4v) is 31.0. The van der Waals surface area contributed by atoms with E-state index >= 15 is 0 Å². The zero-order chi connectivity index (χ0) is 18.5. The molecular formula is C23H31Cl2NSiTi. The summed E-state index contributed by atoms with van der Waals surface area (Å²) in [5, 5.41) is 1.37. The number of fused-ring (bicyclic) bond motifs is 2. The third-order valence-corrected chi connectivity index (χ3v) is 31.1. The van der Waals surface area contributed by atoms with Crippen LogP contribution in [0.4, 0.5) is 0 Å². The molecule has 1 aliphatic rings. The molecule has 1 heterocycles. The van der Waals surface area contributed by atoms with Crippen LogP contribution in [0.25, 0.3) is 17.0 Å². The maximum Gasteiger partial charge on any atom is -0.147 e. The van der Waals surface area contributed by atoms with E-state index < -0.39 is 22.5 Å². The number of aromatic amines is 1. The summed E-state index contributed by atoms with van der Waals surface area (Å²) in [6.07, 6.45) is 4.93. The Hall–Kier alpha value is -0.769. The molecule has 1 aromatic heterocycles. The summed E-state index contributed by atoms with van der Waals surface area (Å²) in [7, 11) is 0. The molecule has 1 nitrogen and oxygen atoms in total. The minimum atomic E-state index is -2.55. The van der Waals surface area contributed by atoms with Crippen LogP contribution in [0.1, 0.15) is 36.1 Å². The van der Waals surface area contributed by atoms with Crippen molar-refractivity contribution < 1.29 is 15.8 Å². The fraction of sp³-hybridized carbons (Fsp3) is 0.304. The van der Waals surface area contributed by atoms with Gasteiger partial charge in [0.25, 0.3) is 0 Å². The molecule has 0 saturated heterocycles. The third-order valence-electron chi connectivity index (χ3n) is 6.42. The van der Waals surface area contributed by atoms with Crippen LogP contribution in [0.3, 0.4) is 0 Å². The molecule has 150 valence electrons. The van der Waals surface area contributed by atoms with Gasteiger partial charge in [-0.2, -0.15) is 0 Å². The number of allylic oxidation sites excluding steroid dienone is 1. The SMILES string of the molecule is C[SiH](C)[Ti]([c]1cc2ccccc2[nH]1)([CH]1C=Cc2ccccc21)[C](C)(C)C.Cl.Cl. The van der Waals surface area contributed by atoms with Crippen molar-refractivity contribution in [1.82, 2.24) is 4.98 Å². The molecule has 3 aromatic rings. The summed E-state index contributed by atoms with van der Waals surface area (Å²) in [4.78, 5) is 3.92. The first-order valence-electron chi connectivity index (χ1n) is 9.71. The number of hydrogen-bond donors (Lipinski definition) is 1. The molecule has 0 amide bonds. The molecule has 5 heteroatoms. The van der Waals surface area contributed by atoms with Gasteiger partial charge < -0.3 is 0 Å². The van der Waals surface area contributed by atoms with Gasteiger partial charge in [0.2, 0.25) is 0 Å². The number of hydrogen-bond acceptors (Lipinski definition) is 0. The van der Waals surface area contributed by atoms with E-state index in [1.165, 1.54) is 16.5 Å². The number of nitrogens with one attached hydrogen (secondary N) is 1. The van der Waals surface area contributed by atoms with Crippen molar-refractivity contribution in [2.75, 3.05) is 0 Å². The zero-order valence-electron chi connectivity index (χ0n) is 17.3. The molecule has 0 fully saturated rings. The number of benzene rings is 2. The van der Waals surface area contributed by atoms with E-state index in [9.17, 15) is 0 Å². The van der Waals surface area contributed by atoms with Gasteiger partial charge in [-0.15, -0.1) is 24.8 Å². The molecule has 28 heavy (non-hydrogen) atoms. The molecule has 0 bridgehead atoms. The van der Waals surface area contributed by atoms with Crippen LogP contribution in [0.15, 0.2) is 60.7 Å². The quantitative estimate of drug-likeness (QED) is 0.409. The Bertz CT molecular complexity index is 956. The van der Waals surface area contributed by atoms with E-state index in [1.54, 1.807) is 9.56 Å². The van der Waals surface area contributed by atoms with E-state index in [2.05, 4.69) is 106 Å². The van der Waals surface area contributed by atoms with Crippen LogP contribution in [0.2, 0.25) is 16.8 Å². The van der Waals surface area contributed by atoms with Crippen LogP contribution in [-0.4, -0.2) is 11.6 Å². The van der Waals surface area contributed by atoms with Crippen molar-refractivity contribution in [3.8, 4) is 0 Å². The van der Waals surface area contributed by atoms with Gasteiger partial charge in [0, 0.05) is 0 Å². The van der Waals surface area contributed by atoms with Crippen LogP contribution < -0.4 is 4.00 Å². The van der Waals surface area contributed by atoms with E-state index in [4.69, 9.17) is 0 Å². The summed E-state index contributed by atoms with van der Waals surface area (Å²) in [6.45, 7) is 11.8. The van der Waals surface area contributed by atoms with E-state index in [-0.39, 0.29) is 24.8 Å². The Kier molecular flexibility index (Phi) is 7.17. The third kappa shape index (κ3) is 3.48. The van der Waals surface area contributed by atoms with Gasteiger partial charge in [-0.3, -0.25) is 0 Å². The molecule has 2 unspecified atom stereocenters. The topological polar surface area (TPSA) is 15.8 Å².